The molecule has 1 aliphatic carbocycles. The van der Waals surface area contributed by atoms with Gasteiger partial charge in [-0.25, -0.2) is 0 Å². The third kappa shape index (κ3) is 3.70. The van der Waals surface area contributed by atoms with Crippen molar-refractivity contribution < 1.29 is 4.74 Å². The van der Waals surface area contributed by atoms with Gasteiger partial charge in [0.1, 0.15) is 0 Å². The molecule has 0 amide bonds. The summed E-state index contributed by atoms with van der Waals surface area (Å²) in [6, 6.07) is 1.38. The lowest BCUT2D eigenvalue weighted by molar-refractivity contribution is 0.0992. The fraction of sp³-hybridized carbons (Fsp3) is 0.938. The van der Waals surface area contributed by atoms with E-state index in [1.165, 1.54) is 45.2 Å². The average Bonchev–Trinajstić information content (AvgIpc) is 2.94. The van der Waals surface area contributed by atoms with Crippen molar-refractivity contribution in [2.45, 2.75) is 62.8 Å². The van der Waals surface area contributed by atoms with E-state index in [2.05, 4.69) is 20.5 Å². The molecule has 1 saturated carbocycles. The van der Waals surface area contributed by atoms with Crippen LogP contribution in [0.5, 0.6) is 0 Å². The zero-order valence-corrected chi connectivity index (χ0v) is 15.8. The first-order valence-corrected chi connectivity index (χ1v) is 8.68. The minimum absolute atomic E-state index is 0. The average molecular weight is 420 g/mol. The molecule has 4 rings (SSSR count). The maximum Gasteiger partial charge on any atom is 0.191 e. The van der Waals surface area contributed by atoms with Crippen LogP contribution in [-0.2, 0) is 4.74 Å². The zero-order valence-electron chi connectivity index (χ0n) is 13.5. The Bertz CT molecular complexity index is 415. The number of nitrogens with zero attached hydrogens (tertiary/aromatic N) is 2. The molecular formula is C16H29IN4O. The molecule has 0 aromatic rings. The van der Waals surface area contributed by atoms with E-state index in [9.17, 15) is 0 Å². The van der Waals surface area contributed by atoms with Crippen LogP contribution in [0.2, 0.25) is 0 Å². The Labute approximate surface area is 150 Å². The van der Waals surface area contributed by atoms with Gasteiger partial charge in [0, 0.05) is 26.2 Å². The molecule has 0 aromatic heterocycles. The lowest BCUT2D eigenvalue weighted by Gasteiger charge is -2.23. The largest absolute Gasteiger partial charge is 0.373 e. The van der Waals surface area contributed by atoms with Gasteiger partial charge in [-0.05, 0) is 51.0 Å². The van der Waals surface area contributed by atoms with Gasteiger partial charge in [-0.2, -0.15) is 0 Å². The smallest absolute Gasteiger partial charge is 0.191 e. The van der Waals surface area contributed by atoms with E-state index in [-0.39, 0.29) is 24.0 Å². The number of guanidine groups is 1. The molecule has 2 N–H and O–H groups in total. The molecule has 2 bridgehead atoms. The van der Waals surface area contributed by atoms with Crippen LogP contribution in [0.1, 0.15) is 38.5 Å². The van der Waals surface area contributed by atoms with Gasteiger partial charge in [0.15, 0.2) is 5.96 Å². The summed E-state index contributed by atoms with van der Waals surface area (Å²) in [5, 5.41) is 7.10. The molecule has 4 atom stereocenters. The topological polar surface area (TPSA) is 48.9 Å². The number of aliphatic imine (C=N–C) groups is 1. The first kappa shape index (κ1) is 16.8. The van der Waals surface area contributed by atoms with Gasteiger partial charge in [-0.1, -0.05) is 0 Å². The maximum absolute atomic E-state index is 5.90. The van der Waals surface area contributed by atoms with Gasteiger partial charge < -0.3 is 20.3 Å². The molecule has 4 unspecified atom stereocenters. The van der Waals surface area contributed by atoms with E-state index >= 15 is 0 Å². The molecule has 22 heavy (non-hydrogen) atoms. The predicted molar refractivity (Wildman–Crippen MR) is 98.9 cm³/mol. The third-order valence-corrected chi connectivity index (χ3v) is 5.59. The van der Waals surface area contributed by atoms with Gasteiger partial charge in [0.05, 0.1) is 18.2 Å². The molecule has 6 heteroatoms. The van der Waals surface area contributed by atoms with Crippen LogP contribution in [0.25, 0.3) is 0 Å². The Balaban J connectivity index is 0.00000144. The highest BCUT2D eigenvalue weighted by molar-refractivity contribution is 14.0. The first-order chi connectivity index (χ1) is 10.3. The summed E-state index contributed by atoms with van der Waals surface area (Å²) in [7, 11) is 1.87. The number of ether oxygens (including phenoxy) is 1. The lowest BCUT2D eigenvalue weighted by Crippen LogP contribution is -2.48. The monoisotopic (exact) mass is 420 g/mol. The quantitative estimate of drug-likeness (QED) is 0.412. The van der Waals surface area contributed by atoms with E-state index in [4.69, 9.17) is 4.74 Å². The van der Waals surface area contributed by atoms with E-state index < -0.39 is 0 Å². The maximum atomic E-state index is 5.90. The van der Waals surface area contributed by atoms with Gasteiger partial charge in [0.25, 0.3) is 0 Å². The van der Waals surface area contributed by atoms with Crippen LogP contribution in [0.15, 0.2) is 4.99 Å². The van der Waals surface area contributed by atoms with Gasteiger partial charge >= 0.3 is 0 Å². The molecule has 4 fully saturated rings. The molecule has 4 aliphatic rings. The molecule has 126 valence electrons. The number of hydrogen-bond donors (Lipinski definition) is 2. The number of rotatable bonds is 4. The normalized spacial score (nSPS) is 38.1. The predicted octanol–water partition coefficient (Wildman–Crippen LogP) is 1.57. The SMILES string of the molecule is CN=C(NCC1CCN(C2CC2)C1)NC1CC2CCC1O2.I. The summed E-state index contributed by atoms with van der Waals surface area (Å²) in [5.74, 6) is 1.74. The van der Waals surface area contributed by atoms with Gasteiger partial charge in [-0.3, -0.25) is 4.99 Å². The van der Waals surface area contributed by atoms with E-state index in [0.717, 1.165) is 30.9 Å². The molecule has 0 aromatic carbocycles. The standard InChI is InChI=1S/C16H28N4O.HI/c1-17-16(19-14-8-13-4-5-15(14)21-13)18-9-11-6-7-20(10-11)12-2-3-12;/h11-15H,2-10H2,1H3,(H2,17,18,19);1H. The van der Waals surface area contributed by atoms with Crippen molar-refractivity contribution in [3.63, 3.8) is 0 Å². The molecule has 5 nitrogen and oxygen atoms in total. The third-order valence-electron chi connectivity index (χ3n) is 5.59. The second-order valence-electron chi connectivity index (χ2n) is 7.19. The Hall–Kier alpha value is -0.0800. The van der Waals surface area contributed by atoms with Crippen molar-refractivity contribution in [3.8, 4) is 0 Å². The summed E-state index contributed by atoms with van der Waals surface area (Å²) < 4.78 is 5.90. The summed E-state index contributed by atoms with van der Waals surface area (Å²) >= 11 is 0. The van der Waals surface area contributed by atoms with E-state index in [1.807, 2.05) is 7.05 Å². The fourth-order valence-corrected chi connectivity index (χ4v) is 4.20. The van der Waals surface area contributed by atoms with Crippen molar-refractivity contribution >= 4 is 29.9 Å². The molecule has 3 saturated heterocycles. The van der Waals surface area contributed by atoms with Crippen molar-refractivity contribution in [2.24, 2.45) is 10.9 Å². The Morgan fingerprint density at radius 2 is 2.09 bits per heavy atom. The van der Waals surface area contributed by atoms with Crippen molar-refractivity contribution in [1.82, 2.24) is 15.5 Å². The number of hydrogen-bond acceptors (Lipinski definition) is 3. The highest BCUT2D eigenvalue weighted by Crippen LogP contribution is 2.34. The number of likely N-dealkylation sites (tertiary alicyclic amines) is 1. The molecule has 0 spiro atoms. The van der Waals surface area contributed by atoms with Crippen molar-refractivity contribution in [1.29, 1.82) is 0 Å². The summed E-state index contributed by atoms with van der Waals surface area (Å²) in [4.78, 5) is 7.06. The highest BCUT2D eigenvalue weighted by Gasteiger charge is 2.41. The van der Waals surface area contributed by atoms with Gasteiger partial charge in [-0.15, -0.1) is 24.0 Å². The summed E-state index contributed by atoms with van der Waals surface area (Å²) in [6.45, 7) is 3.61. The van der Waals surface area contributed by atoms with E-state index in [1.54, 1.807) is 0 Å². The van der Waals surface area contributed by atoms with Crippen LogP contribution in [0.3, 0.4) is 0 Å². The number of halogens is 1. The van der Waals surface area contributed by atoms with Crippen LogP contribution in [0.4, 0.5) is 0 Å². The minimum Gasteiger partial charge on any atom is -0.373 e. The molecular weight excluding hydrogens is 391 g/mol. The fourth-order valence-electron chi connectivity index (χ4n) is 4.20. The van der Waals surface area contributed by atoms with Crippen LogP contribution in [0, 0.1) is 5.92 Å². The number of nitrogens with one attached hydrogen (secondary N) is 2. The van der Waals surface area contributed by atoms with Gasteiger partial charge in [0.2, 0.25) is 0 Å². The minimum atomic E-state index is 0. The highest BCUT2D eigenvalue weighted by atomic mass is 127. The second-order valence-corrected chi connectivity index (χ2v) is 7.19. The summed E-state index contributed by atoms with van der Waals surface area (Å²) in [5.41, 5.74) is 0. The Kier molecular flexibility index (Phi) is 5.50. The molecule has 3 heterocycles. The summed E-state index contributed by atoms with van der Waals surface area (Å²) in [6.07, 6.45) is 8.67. The number of fused-ring (bicyclic) bond motifs is 2. The van der Waals surface area contributed by atoms with Crippen LogP contribution >= 0.6 is 24.0 Å². The lowest BCUT2D eigenvalue weighted by atomic mass is 9.96. The molecule has 0 radical (unpaired) electrons. The Morgan fingerprint density at radius 1 is 1.23 bits per heavy atom. The van der Waals surface area contributed by atoms with Crippen LogP contribution in [-0.4, -0.2) is 61.8 Å². The molecule has 3 aliphatic heterocycles. The zero-order chi connectivity index (χ0) is 14.2. The van der Waals surface area contributed by atoms with E-state index in [0.29, 0.717) is 18.2 Å². The Morgan fingerprint density at radius 3 is 2.73 bits per heavy atom. The second kappa shape index (κ2) is 7.21. The van der Waals surface area contributed by atoms with Crippen LogP contribution < -0.4 is 10.6 Å². The van der Waals surface area contributed by atoms with Crippen molar-refractivity contribution in [3.05, 3.63) is 0 Å². The van der Waals surface area contributed by atoms with Crippen molar-refractivity contribution in [2.75, 3.05) is 26.7 Å². The first-order valence-electron chi connectivity index (χ1n) is 8.68.